The van der Waals surface area contributed by atoms with Gasteiger partial charge in [0.25, 0.3) is 5.89 Å². The molecular formula is C15H11F2N3O. The van der Waals surface area contributed by atoms with E-state index in [9.17, 15) is 8.78 Å². The molecule has 0 saturated heterocycles. The molecular weight excluding hydrogens is 276 g/mol. The predicted molar refractivity (Wildman–Crippen MR) is 74.2 cm³/mol. The third kappa shape index (κ3) is 2.60. The average Bonchev–Trinajstić information content (AvgIpc) is 2.90. The third-order valence-electron chi connectivity index (χ3n) is 2.95. The summed E-state index contributed by atoms with van der Waals surface area (Å²) in [4.78, 5) is 4.09. The lowest BCUT2D eigenvalue weighted by Gasteiger charge is -1.99. The van der Waals surface area contributed by atoms with Crippen LogP contribution in [0.2, 0.25) is 0 Å². The van der Waals surface area contributed by atoms with Gasteiger partial charge >= 0.3 is 0 Å². The molecule has 21 heavy (non-hydrogen) atoms. The van der Waals surface area contributed by atoms with E-state index < -0.39 is 11.6 Å². The third-order valence-corrected chi connectivity index (χ3v) is 2.95. The summed E-state index contributed by atoms with van der Waals surface area (Å²) < 4.78 is 32.2. The van der Waals surface area contributed by atoms with Gasteiger partial charge < -0.3 is 10.3 Å². The van der Waals surface area contributed by atoms with Crippen LogP contribution in [0.4, 0.5) is 14.5 Å². The van der Waals surface area contributed by atoms with Crippen LogP contribution in [0.25, 0.3) is 22.8 Å². The number of hydrogen-bond donors (Lipinski definition) is 1. The molecule has 1 heterocycles. The lowest BCUT2D eigenvalue weighted by molar-refractivity contribution is 0.429. The molecule has 0 aliphatic rings. The zero-order chi connectivity index (χ0) is 15.0. The molecule has 0 atom stereocenters. The molecule has 1 aromatic heterocycles. The molecule has 0 saturated carbocycles. The number of nitrogens with two attached hydrogens (primary N) is 1. The van der Waals surface area contributed by atoms with Crippen molar-refractivity contribution in [1.82, 2.24) is 10.1 Å². The van der Waals surface area contributed by atoms with Gasteiger partial charge in [0.2, 0.25) is 5.82 Å². The van der Waals surface area contributed by atoms with Gasteiger partial charge in [-0.3, -0.25) is 0 Å². The highest BCUT2D eigenvalue weighted by Gasteiger charge is 2.15. The highest BCUT2D eigenvalue weighted by Crippen LogP contribution is 2.26. The molecule has 0 aliphatic heterocycles. The lowest BCUT2D eigenvalue weighted by atomic mass is 10.1. The molecule has 2 aromatic carbocycles. The molecule has 3 rings (SSSR count). The van der Waals surface area contributed by atoms with E-state index in [0.29, 0.717) is 11.3 Å². The number of anilines is 1. The van der Waals surface area contributed by atoms with E-state index in [-0.39, 0.29) is 17.3 Å². The minimum absolute atomic E-state index is 0.00304. The van der Waals surface area contributed by atoms with Crippen LogP contribution < -0.4 is 5.73 Å². The van der Waals surface area contributed by atoms with Gasteiger partial charge in [0.1, 0.15) is 11.6 Å². The maximum Gasteiger partial charge on any atom is 0.261 e. The average molecular weight is 287 g/mol. The Labute approximate surface area is 119 Å². The second kappa shape index (κ2) is 4.97. The normalized spacial score (nSPS) is 10.8. The Hall–Kier alpha value is -2.76. The molecule has 0 unspecified atom stereocenters. The second-order valence-electron chi connectivity index (χ2n) is 4.68. The fourth-order valence-electron chi connectivity index (χ4n) is 2.02. The van der Waals surface area contributed by atoms with Crippen LogP contribution in [0.5, 0.6) is 0 Å². The topological polar surface area (TPSA) is 64.9 Å². The van der Waals surface area contributed by atoms with Crippen molar-refractivity contribution in [1.29, 1.82) is 0 Å². The van der Waals surface area contributed by atoms with Crippen molar-refractivity contribution in [3.05, 3.63) is 53.6 Å². The summed E-state index contributed by atoms with van der Waals surface area (Å²) >= 11 is 0. The minimum Gasteiger partial charge on any atom is -0.399 e. The van der Waals surface area contributed by atoms with Crippen LogP contribution in [-0.2, 0) is 0 Å². The van der Waals surface area contributed by atoms with Crippen LogP contribution in [0, 0.1) is 18.6 Å². The second-order valence-corrected chi connectivity index (χ2v) is 4.68. The predicted octanol–water partition coefficient (Wildman–Crippen LogP) is 3.57. The van der Waals surface area contributed by atoms with E-state index in [1.807, 2.05) is 0 Å². The number of rotatable bonds is 2. The maximum atomic E-state index is 13.8. The Balaban J connectivity index is 2.05. The summed E-state index contributed by atoms with van der Waals surface area (Å²) in [6.07, 6.45) is 0. The number of hydrogen-bond acceptors (Lipinski definition) is 4. The van der Waals surface area contributed by atoms with E-state index in [4.69, 9.17) is 10.3 Å². The van der Waals surface area contributed by atoms with Crippen molar-refractivity contribution in [2.24, 2.45) is 0 Å². The standard InChI is InChI=1S/C15H11F2N3O/c1-8-4-9(6-10(16)5-8)14-19-15(21-20-14)12-7-11(18)2-3-13(12)17/h2-7H,18H2,1H3. The quantitative estimate of drug-likeness (QED) is 0.732. The zero-order valence-electron chi connectivity index (χ0n) is 11.1. The van der Waals surface area contributed by atoms with Crippen LogP contribution in [-0.4, -0.2) is 10.1 Å². The van der Waals surface area contributed by atoms with Gasteiger partial charge in [-0.2, -0.15) is 4.98 Å². The van der Waals surface area contributed by atoms with E-state index in [0.717, 1.165) is 5.56 Å². The maximum absolute atomic E-state index is 13.8. The highest BCUT2D eigenvalue weighted by atomic mass is 19.1. The van der Waals surface area contributed by atoms with Crippen LogP contribution in [0.3, 0.4) is 0 Å². The van der Waals surface area contributed by atoms with E-state index >= 15 is 0 Å². The Bertz CT molecular complexity index is 794. The monoisotopic (exact) mass is 287 g/mol. The van der Waals surface area contributed by atoms with E-state index in [1.165, 1.54) is 30.3 Å². The first-order valence-electron chi connectivity index (χ1n) is 6.19. The zero-order valence-corrected chi connectivity index (χ0v) is 11.1. The molecule has 106 valence electrons. The largest absolute Gasteiger partial charge is 0.399 e. The molecule has 0 spiro atoms. The van der Waals surface area contributed by atoms with Crippen molar-refractivity contribution >= 4 is 5.69 Å². The van der Waals surface area contributed by atoms with Gasteiger partial charge in [-0.25, -0.2) is 8.78 Å². The Morgan fingerprint density at radius 1 is 1.10 bits per heavy atom. The molecule has 0 bridgehead atoms. The first-order chi connectivity index (χ1) is 10.0. The Morgan fingerprint density at radius 2 is 1.90 bits per heavy atom. The molecule has 2 N–H and O–H groups in total. The Morgan fingerprint density at radius 3 is 2.67 bits per heavy atom. The molecule has 0 fully saturated rings. The van der Waals surface area contributed by atoms with Crippen molar-refractivity contribution < 1.29 is 13.3 Å². The summed E-state index contributed by atoms with van der Waals surface area (Å²) in [5.74, 6) is -0.729. The molecule has 3 aromatic rings. The Kier molecular flexibility index (Phi) is 3.13. The van der Waals surface area contributed by atoms with Crippen molar-refractivity contribution in [2.75, 3.05) is 5.73 Å². The number of aryl methyl sites for hydroxylation is 1. The van der Waals surface area contributed by atoms with Crippen LogP contribution in [0.1, 0.15) is 5.56 Å². The lowest BCUT2D eigenvalue weighted by Crippen LogP contribution is -1.90. The van der Waals surface area contributed by atoms with Crippen molar-refractivity contribution in [3.63, 3.8) is 0 Å². The minimum atomic E-state index is -0.519. The van der Waals surface area contributed by atoms with E-state index in [2.05, 4.69) is 10.1 Å². The summed E-state index contributed by atoms with van der Waals surface area (Å²) in [6.45, 7) is 1.76. The molecule has 6 heteroatoms. The number of nitrogens with zero attached hydrogens (tertiary/aromatic N) is 2. The number of benzene rings is 2. The van der Waals surface area contributed by atoms with Gasteiger partial charge in [-0.1, -0.05) is 5.16 Å². The van der Waals surface area contributed by atoms with Gasteiger partial charge in [0.15, 0.2) is 0 Å². The summed E-state index contributed by atoms with van der Waals surface area (Å²) in [7, 11) is 0. The highest BCUT2D eigenvalue weighted by molar-refractivity contribution is 5.63. The molecule has 4 nitrogen and oxygen atoms in total. The fourth-order valence-corrected chi connectivity index (χ4v) is 2.02. The smallest absolute Gasteiger partial charge is 0.261 e. The molecule has 0 amide bonds. The fraction of sp³-hybridized carbons (Fsp3) is 0.0667. The van der Waals surface area contributed by atoms with Gasteiger partial charge in [-0.05, 0) is 48.9 Å². The van der Waals surface area contributed by atoms with Crippen molar-refractivity contribution in [3.8, 4) is 22.8 Å². The molecule has 0 radical (unpaired) electrons. The summed E-state index contributed by atoms with van der Waals surface area (Å²) in [5.41, 5.74) is 7.30. The van der Waals surface area contributed by atoms with Crippen molar-refractivity contribution in [2.45, 2.75) is 6.92 Å². The SMILES string of the molecule is Cc1cc(F)cc(-c2noc(-c3cc(N)ccc3F)n2)c1. The van der Waals surface area contributed by atoms with Crippen LogP contribution >= 0.6 is 0 Å². The van der Waals surface area contributed by atoms with Gasteiger partial charge in [0, 0.05) is 11.3 Å². The first-order valence-corrected chi connectivity index (χ1v) is 6.19. The van der Waals surface area contributed by atoms with Gasteiger partial charge in [0.05, 0.1) is 5.56 Å². The molecule has 0 aliphatic carbocycles. The van der Waals surface area contributed by atoms with E-state index in [1.54, 1.807) is 13.0 Å². The number of aromatic nitrogens is 2. The number of halogens is 2. The summed E-state index contributed by atoms with van der Waals surface area (Å²) in [6, 6.07) is 8.46. The number of nitrogen functional groups attached to an aromatic ring is 1. The van der Waals surface area contributed by atoms with Gasteiger partial charge in [-0.15, -0.1) is 0 Å². The first kappa shape index (κ1) is 13.2. The van der Waals surface area contributed by atoms with Crippen LogP contribution in [0.15, 0.2) is 40.9 Å². The summed E-state index contributed by atoms with van der Waals surface area (Å²) in [5, 5.41) is 3.76.